The molecule has 2 aromatic heterocycles. The minimum atomic E-state index is -0.613. The zero-order valence-corrected chi connectivity index (χ0v) is 45.3. The van der Waals surface area contributed by atoms with Crippen molar-refractivity contribution < 1.29 is 29.3 Å². The lowest BCUT2D eigenvalue weighted by Gasteiger charge is -2.43. The van der Waals surface area contributed by atoms with Crippen LogP contribution in [0.2, 0.25) is 0 Å². The van der Waals surface area contributed by atoms with Crippen LogP contribution >= 0.6 is 35.6 Å². The number of alkyl halides is 2. The van der Waals surface area contributed by atoms with Crippen LogP contribution in [0.15, 0.2) is 134 Å². The Bertz CT molecular complexity index is 2570. The number of rotatable bonds is 18. The summed E-state index contributed by atoms with van der Waals surface area (Å²) in [5.74, 6) is -0.142. The van der Waals surface area contributed by atoms with Crippen molar-refractivity contribution in [1.29, 1.82) is 0 Å². The molecule has 4 aromatic carbocycles. The minimum absolute atomic E-state index is 0. The number of benzene rings is 4. The summed E-state index contributed by atoms with van der Waals surface area (Å²) in [5, 5.41) is 19.5. The number of nitrogens with zero attached hydrogens (tertiary/aromatic N) is 6. The first-order valence-electron chi connectivity index (χ1n) is 24.4. The molecule has 15 heteroatoms. The predicted molar refractivity (Wildman–Crippen MR) is 290 cm³/mol. The molecule has 2 amide bonds. The van der Waals surface area contributed by atoms with Gasteiger partial charge in [0.15, 0.2) is 5.79 Å². The number of aromatic nitrogens is 4. The zero-order chi connectivity index (χ0) is 51.3. The number of carbonyl (C=O) groups excluding carboxylic acids is 2. The first-order valence-corrected chi connectivity index (χ1v) is 25.5. The molecule has 3 heterocycles. The van der Waals surface area contributed by atoms with Gasteiger partial charge in [-0.2, -0.15) is 0 Å². The van der Waals surface area contributed by atoms with Crippen LogP contribution in [0.25, 0.3) is 22.5 Å². The number of hydrogen-bond donors (Lipinski definition) is 2. The number of hydrogen-bond acceptors (Lipinski definition) is 8. The lowest BCUT2D eigenvalue weighted by atomic mass is 9.84. The topological polar surface area (TPSA) is 135 Å². The molecular formula is C57H73Cl3N6O6. The molecule has 0 radical (unpaired) electrons. The third kappa shape index (κ3) is 15.5. The van der Waals surface area contributed by atoms with E-state index in [0.29, 0.717) is 32.8 Å². The zero-order valence-electron chi connectivity index (χ0n) is 43.0. The van der Waals surface area contributed by atoms with E-state index in [1.54, 1.807) is 4.90 Å². The van der Waals surface area contributed by atoms with E-state index >= 15 is 0 Å². The van der Waals surface area contributed by atoms with Crippen molar-refractivity contribution in [3.8, 4) is 22.5 Å². The molecule has 12 nitrogen and oxygen atoms in total. The number of ether oxygens (including phenoxy) is 2. The van der Waals surface area contributed by atoms with Gasteiger partial charge in [0, 0.05) is 74.7 Å². The number of imidazole rings is 2. The monoisotopic (exact) mass is 1040 g/mol. The molecule has 1 saturated heterocycles. The van der Waals surface area contributed by atoms with Crippen LogP contribution in [0, 0.1) is 22.7 Å². The summed E-state index contributed by atoms with van der Waals surface area (Å²) in [7, 11) is 0. The quantitative estimate of drug-likeness (QED) is 0.0813. The van der Waals surface area contributed by atoms with E-state index in [-0.39, 0.29) is 73.1 Å². The standard InChI is InChI=1S/C30H38ClN3O3.C27H34ClN3O3.ClH/c1-29(2,3)27(34(26(35)16-31)18-23-20-36-30(4,5)37-21-23)28-32-25(24-14-10-7-11-15-24)19-33(28)17-22-12-8-6-9-13-22;1-27(2,3)25(31(24(34)14-28)16-21(18-32)19-33)26-29-23(22-12-8-5-9-13-22)17-30(26)15-20-10-6-4-7-11-20;/h6-15,19,23,27H,16-18,20-21H2,1-5H3;4-13,17,21,25,32-33H,14-16,18-19H2,1-3H3;1H. The maximum Gasteiger partial charge on any atom is 0.238 e. The van der Waals surface area contributed by atoms with Crippen molar-refractivity contribution in [2.45, 2.75) is 86.4 Å². The van der Waals surface area contributed by atoms with Crippen molar-refractivity contribution >= 4 is 47.4 Å². The molecular weight excluding hydrogens is 971 g/mol. The Morgan fingerprint density at radius 2 is 1.00 bits per heavy atom. The van der Waals surface area contributed by atoms with Crippen LogP contribution in [0.1, 0.15) is 90.2 Å². The normalized spacial score (nSPS) is 14.7. The van der Waals surface area contributed by atoms with Crippen molar-refractivity contribution in [3.05, 3.63) is 156 Å². The molecule has 388 valence electrons. The second kappa shape index (κ2) is 26.2. The fourth-order valence-corrected chi connectivity index (χ4v) is 9.32. The van der Waals surface area contributed by atoms with E-state index in [2.05, 4.69) is 93.3 Å². The van der Waals surface area contributed by atoms with Gasteiger partial charge < -0.3 is 38.6 Å². The molecule has 2 N–H and O–H groups in total. The van der Waals surface area contributed by atoms with Gasteiger partial charge >= 0.3 is 0 Å². The second-order valence-corrected chi connectivity index (χ2v) is 21.5. The number of aliphatic hydroxyl groups is 2. The van der Waals surface area contributed by atoms with Crippen molar-refractivity contribution in [2.24, 2.45) is 22.7 Å². The second-order valence-electron chi connectivity index (χ2n) is 20.9. The van der Waals surface area contributed by atoms with Gasteiger partial charge in [0.05, 0.1) is 36.7 Å². The highest BCUT2D eigenvalue weighted by Crippen LogP contribution is 2.42. The summed E-state index contributed by atoms with van der Waals surface area (Å²) < 4.78 is 16.1. The molecule has 7 rings (SSSR count). The summed E-state index contributed by atoms with van der Waals surface area (Å²) in [4.78, 5) is 40.2. The molecule has 0 bridgehead atoms. The molecule has 6 aromatic rings. The Hall–Kier alpha value is -5.05. The van der Waals surface area contributed by atoms with E-state index in [4.69, 9.17) is 42.6 Å². The van der Waals surface area contributed by atoms with Crippen LogP contribution in [-0.2, 0) is 32.2 Å². The van der Waals surface area contributed by atoms with Crippen molar-refractivity contribution in [3.63, 3.8) is 0 Å². The summed E-state index contributed by atoms with van der Waals surface area (Å²) in [5.41, 5.74) is 5.30. The molecule has 1 aliphatic rings. The Labute approximate surface area is 442 Å². The molecule has 2 unspecified atom stereocenters. The Kier molecular flexibility index (Phi) is 21.1. The van der Waals surface area contributed by atoms with Gasteiger partial charge in [-0.05, 0) is 35.8 Å². The van der Waals surface area contributed by atoms with Crippen LogP contribution in [0.4, 0.5) is 0 Å². The van der Waals surface area contributed by atoms with E-state index in [1.807, 2.05) is 110 Å². The summed E-state index contributed by atoms with van der Waals surface area (Å²) in [6, 6.07) is 39.8. The molecule has 0 saturated carbocycles. The van der Waals surface area contributed by atoms with Gasteiger partial charge in [-0.25, -0.2) is 9.97 Å². The van der Waals surface area contributed by atoms with E-state index in [0.717, 1.165) is 39.7 Å². The summed E-state index contributed by atoms with van der Waals surface area (Å²) in [6.45, 7) is 18.9. The van der Waals surface area contributed by atoms with Gasteiger partial charge in [-0.15, -0.1) is 35.6 Å². The maximum atomic E-state index is 13.4. The third-order valence-corrected chi connectivity index (χ3v) is 13.0. The number of halogens is 3. The molecule has 2 atom stereocenters. The predicted octanol–water partition coefficient (Wildman–Crippen LogP) is 10.9. The Balaban J connectivity index is 0.000000265. The largest absolute Gasteiger partial charge is 0.396 e. The lowest BCUT2D eigenvalue weighted by molar-refractivity contribution is -0.263. The number of carbonyl (C=O) groups is 2. The fraction of sp³-hybridized carbons (Fsp3) is 0.439. The van der Waals surface area contributed by atoms with E-state index in [9.17, 15) is 19.8 Å². The average Bonchev–Trinajstić information content (AvgIpc) is 3.96. The lowest BCUT2D eigenvalue weighted by Crippen LogP contribution is -2.49. The van der Waals surface area contributed by atoms with E-state index in [1.165, 1.54) is 5.56 Å². The first kappa shape index (κ1) is 57.8. The molecule has 1 aliphatic heterocycles. The van der Waals surface area contributed by atoms with Gasteiger partial charge in [0.25, 0.3) is 0 Å². The summed E-state index contributed by atoms with van der Waals surface area (Å²) in [6.07, 6.45) is 4.12. The van der Waals surface area contributed by atoms with Gasteiger partial charge in [0.2, 0.25) is 11.8 Å². The van der Waals surface area contributed by atoms with Crippen LogP contribution < -0.4 is 0 Å². The van der Waals surface area contributed by atoms with Crippen LogP contribution in [0.3, 0.4) is 0 Å². The van der Waals surface area contributed by atoms with Gasteiger partial charge in [0.1, 0.15) is 23.4 Å². The smallest absolute Gasteiger partial charge is 0.238 e. The van der Waals surface area contributed by atoms with Crippen molar-refractivity contribution in [2.75, 3.05) is 51.3 Å². The first-order chi connectivity index (χ1) is 33.8. The van der Waals surface area contributed by atoms with Crippen LogP contribution in [0.5, 0.6) is 0 Å². The molecule has 72 heavy (non-hydrogen) atoms. The molecule has 0 spiro atoms. The van der Waals surface area contributed by atoms with Gasteiger partial charge in [-0.1, -0.05) is 163 Å². The van der Waals surface area contributed by atoms with E-state index < -0.39 is 23.2 Å². The fourth-order valence-electron chi connectivity index (χ4n) is 9.01. The highest BCUT2D eigenvalue weighted by atomic mass is 35.5. The number of amides is 2. The minimum Gasteiger partial charge on any atom is -0.396 e. The highest BCUT2D eigenvalue weighted by Gasteiger charge is 2.41. The van der Waals surface area contributed by atoms with Crippen molar-refractivity contribution in [1.82, 2.24) is 28.9 Å². The number of aliphatic hydroxyl groups excluding tert-OH is 2. The maximum absolute atomic E-state index is 13.4. The SMILES string of the molecule is CC(C)(C)C(c1nc(-c2ccccc2)cn1Cc1ccccc1)N(CC(CO)CO)C(=O)CCl.CC1(C)OCC(CN(C(=O)CCl)C(c2nc(-c3ccccc3)cn2Cc2ccccc2)C(C)(C)C)CO1.Cl. The van der Waals surface area contributed by atoms with Gasteiger partial charge in [-0.3, -0.25) is 9.59 Å². The molecule has 1 fully saturated rings. The third-order valence-electron chi connectivity index (χ3n) is 12.5. The Morgan fingerprint density at radius 3 is 1.36 bits per heavy atom. The summed E-state index contributed by atoms with van der Waals surface area (Å²) >= 11 is 12.2. The van der Waals surface area contributed by atoms with Crippen LogP contribution in [-0.4, -0.2) is 108 Å². The Morgan fingerprint density at radius 1 is 0.639 bits per heavy atom. The highest BCUT2D eigenvalue weighted by molar-refractivity contribution is 6.27. The molecule has 0 aliphatic carbocycles. The average molecular weight is 1040 g/mol.